The van der Waals surface area contributed by atoms with Gasteiger partial charge in [-0.25, -0.2) is 18.4 Å². The Morgan fingerprint density at radius 2 is 1.22 bits per heavy atom. The molecule has 0 fully saturated rings. The van der Waals surface area contributed by atoms with E-state index in [1.165, 1.54) is 0 Å². The molecule has 0 aliphatic carbocycles. The summed E-state index contributed by atoms with van der Waals surface area (Å²) in [6.45, 7) is 0. The van der Waals surface area contributed by atoms with E-state index in [1.54, 1.807) is 0 Å². The Hall–Kier alpha value is -1.49. The molecule has 0 rings (SSSR count). The van der Waals surface area contributed by atoms with Crippen molar-refractivity contribution < 1.29 is 53.8 Å². The summed E-state index contributed by atoms with van der Waals surface area (Å²) in [4.78, 5) is 20.2. The van der Waals surface area contributed by atoms with Gasteiger partial charge in [-0.15, -0.1) is 0 Å². The van der Waals surface area contributed by atoms with Crippen LogP contribution in [0.5, 0.6) is 0 Å². The summed E-state index contributed by atoms with van der Waals surface area (Å²) in [7, 11) is 0. The minimum atomic E-state index is -6.52. The van der Waals surface area contributed by atoms with Crippen molar-refractivity contribution in [1.82, 2.24) is 0 Å². The van der Waals surface area contributed by atoms with Crippen LogP contribution >= 0.6 is 0 Å². The highest BCUT2D eigenvalue weighted by atomic mass is 19.4. The number of hydrogen-bond acceptors (Lipinski definition) is 3. The van der Waals surface area contributed by atoms with Crippen LogP contribution < -0.4 is 0 Å². The molecule has 0 aliphatic rings. The standard InChI is InChI=1S/C6HF9O3/c7-1(8)4(9,10)2(16)18-3(17)5(11,12)6(13,14)15/h1H. The summed E-state index contributed by atoms with van der Waals surface area (Å²) in [6, 6.07) is 0. The summed E-state index contributed by atoms with van der Waals surface area (Å²) in [5.74, 6) is -19.2. The predicted molar refractivity (Wildman–Crippen MR) is 33.1 cm³/mol. The van der Waals surface area contributed by atoms with Gasteiger partial charge in [-0.2, -0.15) is 30.7 Å². The summed E-state index contributed by atoms with van der Waals surface area (Å²) >= 11 is 0. The second kappa shape index (κ2) is 4.65. The first-order valence-corrected chi connectivity index (χ1v) is 3.61. The van der Waals surface area contributed by atoms with Crippen molar-refractivity contribution >= 4 is 11.9 Å². The van der Waals surface area contributed by atoms with Crippen LogP contribution in [0.2, 0.25) is 0 Å². The van der Waals surface area contributed by atoms with E-state index in [2.05, 4.69) is 4.74 Å². The third-order valence-corrected chi connectivity index (χ3v) is 1.34. The van der Waals surface area contributed by atoms with Gasteiger partial charge in [-0.05, 0) is 0 Å². The van der Waals surface area contributed by atoms with Crippen LogP contribution in [-0.4, -0.2) is 36.4 Å². The number of hydrogen-bond donors (Lipinski definition) is 0. The minimum absolute atomic E-state index is 2.39. The molecule has 0 radical (unpaired) electrons. The molecule has 18 heavy (non-hydrogen) atoms. The molecular formula is C6HF9O3. The molecule has 0 unspecified atom stereocenters. The van der Waals surface area contributed by atoms with Crippen LogP contribution in [0.3, 0.4) is 0 Å². The van der Waals surface area contributed by atoms with Crippen molar-refractivity contribution in [2.75, 3.05) is 0 Å². The van der Waals surface area contributed by atoms with Crippen molar-refractivity contribution in [2.45, 2.75) is 24.4 Å². The Balaban J connectivity index is 4.96. The van der Waals surface area contributed by atoms with Crippen LogP contribution in [0, 0.1) is 0 Å². The van der Waals surface area contributed by atoms with Gasteiger partial charge < -0.3 is 4.74 Å². The molecule has 0 spiro atoms. The number of carbonyl (C=O) groups is 2. The van der Waals surface area contributed by atoms with E-state index in [-0.39, 0.29) is 0 Å². The van der Waals surface area contributed by atoms with E-state index >= 15 is 0 Å². The second-order valence-electron chi connectivity index (χ2n) is 2.67. The average molecular weight is 292 g/mol. The predicted octanol–water partition coefficient (Wildman–Crippen LogP) is 2.15. The molecule has 0 aromatic carbocycles. The van der Waals surface area contributed by atoms with E-state index < -0.39 is 36.4 Å². The molecule has 106 valence electrons. The molecule has 0 saturated heterocycles. The number of halogens is 9. The normalized spacial score (nSPS) is 13.7. The molecule has 0 saturated carbocycles. The Morgan fingerprint density at radius 3 is 1.50 bits per heavy atom. The third-order valence-electron chi connectivity index (χ3n) is 1.34. The van der Waals surface area contributed by atoms with Crippen LogP contribution in [0.15, 0.2) is 0 Å². The fourth-order valence-corrected chi connectivity index (χ4v) is 0.421. The number of alkyl halides is 9. The topological polar surface area (TPSA) is 43.4 Å². The zero-order valence-electron chi connectivity index (χ0n) is 7.70. The van der Waals surface area contributed by atoms with E-state index in [9.17, 15) is 49.1 Å². The highest BCUT2D eigenvalue weighted by Crippen LogP contribution is 2.37. The number of ether oxygens (including phenoxy) is 1. The molecule has 0 amide bonds. The molecule has 12 heteroatoms. The second-order valence-corrected chi connectivity index (χ2v) is 2.67. The van der Waals surface area contributed by atoms with Gasteiger partial charge in [0, 0.05) is 0 Å². The molecule has 0 aromatic heterocycles. The monoisotopic (exact) mass is 292 g/mol. The quantitative estimate of drug-likeness (QED) is 0.455. The number of esters is 2. The minimum Gasteiger partial charge on any atom is -0.384 e. The van der Waals surface area contributed by atoms with Gasteiger partial charge in [-0.1, -0.05) is 0 Å². The molecule has 0 heterocycles. The van der Waals surface area contributed by atoms with Crippen LogP contribution in [0.1, 0.15) is 0 Å². The molecular weight excluding hydrogens is 291 g/mol. The lowest BCUT2D eigenvalue weighted by molar-refractivity contribution is -0.280. The fraction of sp³-hybridized carbons (Fsp3) is 0.667. The Morgan fingerprint density at radius 1 is 0.833 bits per heavy atom. The fourth-order valence-electron chi connectivity index (χ4n) is 0.421. The number of rotatable bonds is 3. The zero-order chi connectivity index (χ0) is 14.9. The van der Waals surface area contributed by atoms with Crippen molar-refractivity contribution in [3.8, 4) is 0 Å². The first-order valence-electron chi connectivity index (χ1n) is 3.61. The largest absolute Gasteiger partial charge is 0.465 e. The average Bonchev–Trinajstić information content (AvgIpc) is 2.15. The highest BCUT2D eigenvalue weighted by molar-refractivity contribution is 5.93. The SMILES string of the molecule is O=C(OC(=O)C(F)(F)C(F)(F)F)C(F)(F)C(F)F. The summed E-state index contributed by atoms with van der Waals surface area (Å²) in [5.41, 5.74) is 0. The van der Waals surface area contributed by atoms with Gasteiger partial charge in [-0.3, -0.25) is 0 Å². The van der Waals surface area contributed by atoms with Crippen LogP contribution in [0.4, 0.5) is 39.5 Å². The summed E-state index contributed by atoms with van der Waals surface area (Å²) in [6.07, 6.45) is -11.3. The maximum atomic E-state index is 12.1. The Labute approximate surface area is 91.5 Å². The highest BCUT2D eigenvalue weighted by Gasteiger charge is 2.66. The molecule has 0 aliphatic heterocycles. The number of carbonyl (C=O) groups excluding carboxylic acids is 2. The lowest BCUT2D eigenvalue weighted by atomic mass is 10.3. The lowest BCUT2D eigenvalue weighted by Crippen LogP contribution is -2.48. The summed E-state index contributed by atoms with van der Waals surface area (Å²) in [5, 5.41) is 0. The first kappa shape index (κ1) is 16.5. The molecule has 0 N–H and O–H groups in total. The van der Waals surface area contributed by atoms with Crippen LogP contribution in [-0.2, 0) is 14.3 Å². The molecule has 3 nitrogen and oxygen atoms in total. The van der Waals surface area contributed by atoms with Crippen LogP contribution in [0.25, 0.3) is 0 Å². The van der Waals surface area contributed by atoms with Gasteiger partial charge >= 0.3 is 36.4 Å². The van der Waals surface area contributed by atoms with Crippen molar-refractivity contribution in [2.24, 2.45) is 0 Å². The van der Waals surface area contributed by atoms with Crippen molar-refractivity contribution in [3.63, 3.8) is 0 Å². The molecule has 0 aromatic rings. The van der Waals surface area contributed by atoms with E-state index in [0.717, 1.165) is 0 Å². The third kappa shape index (κ3) is 3.04. The van der Waals surface area contributed by atoms with E-state index in [0.29, 0.717) is 0 Å². The van der Waals surface area contributed by atoms with E-state index in [1.807, 2.05) is 0 Å². The van der Waals surface area contributed by atoms with Gasteiger partial charge in [0.05, 0.1) is 0 Å². The summed E-state index contributed by atoms with van der Waals surface area (Å²) < 4.78 is 108. The maximum absolute atomic E-state index is 12.1. The molecule has 0 bridgehead atoms. The van der Waals surface area contributed by atoms with Gasteiger partial charge in [0.1, 0.15) is 0 Å². The van der Waals surface area contributed by atoms with Gasteiger partial charge in [0.15, 0.2) is 0 Å². The van der Waals surface area contributed by atoms with Crippen molar-refractivity contribution in [3.05, 3.63) is 0 Å². The van der Waals surface area contributed by atoms with Gasteiger partial charge in [0.25, 0.3) is 0 Å². The Bertz CT molecular complexity index is 345. The van der Waals surface area contributed by atoms with E-state index in [4.69, 9.17) is 0 Å². The smallest absolute Gasteiger partial charge is 0.384 e. The first-order chi connectivity index (χ1) is 7.74. The lowest BCUT2D eigenvalue weighted by Gasteiger charge is -2.18. The Kier molecular flexibility index (Phi) is 4.26. The van der Waals surface area contributed by atoms with Gasteiger partial charge in [0.2, 0.25) is 0 Å². The molecule has 0 atom stereocenters. The maximum Gasteiger partial charge on any atom is 0.465 e. The zero-order valence-corrected chi connectivity index (χ0v) is 7.70. The van der Waals surface area contributed by atoms with Crippen molar-refractivity contribution in [1.29, 1.82) is 0 Å².